The van der Waals surface area contributed by atoms with E-state index in [-0.39, 0.29) is 10.8 Å². The first-order valence-electron chi connectivity index (χ1n) is 17.7. The monoisotopic (exact) mass is 641 g/mol. The standard InChI is InChI=1S/C47H35N3/c1-46(2)34-15-6-8-21-41(34)50-42-26-28(22-24-31(42)33-14-10-17-37(46)45(33)50)38-18-11-19-39(48-38)29-23-25-35-43(27-29)49-40-20-7-5-12-30(40)32-13-9-16-36(44(32)49)47(35,3)4/h5-27H,1-4H3. The average Bonchev–Trinajstić information content (AvgIpc) is 3.66. The maximum absolute atomic E-state index is 5.34. The summed E-state index contributed by atoms with van der Waals surface area (Å²) in [6, 6.07) is 51.6. The van der Waals surface area contributed by atoms with E-state index in [1.165, 1.54) is 77.2 Å². The Hall–Kier alpha value is -5.93. The second-order valence-electron chi connectivity index (χ2n) is 15.2. The van der Waals surface area contributed by atoms with Crippen LogP contribution in [0.15, 0.2) is 140 Å². The SMILES string of the molecule is CC1(C)c2ccc(-c3cccc(-c4ccc5c6cccc7c6n(c5c4)-c4ccccc4C7(C)C)n3)cc2-n2c3ccccc3c3cccc1c32. The summed E-state index contributed by atoms with van der Waals surface area (Å²) >= 11 is 0. The molecule has 3 heteroatoms. The normalized spacial score (nSPS) is 15.1. The minimum Gasteiger partial charge on any atom is -0.309 e. The van der Waals surface area contributed by atoms with Crippen LogP contribution in [0.4, 0.5) is 0 Å². The molecule has 2 aliphatic heterocycles. The van der Waals surface area contributed by atoms with Crippen LogP contribution in [0, 0.1) is 0 Å². The molecule has 3 nitrogen and oxygen atoms in total. The fourth-order valence-corrected chi connectivity index (χ4v) is 9.40. The Bertz CT molecular complexity index is 2930. The maximum atomic E-state index is 5.34. The Morgan fingerprint density at radius 3 is 1.66 bits per heavy atom. The molecule has 9 aromatic rings. The van der Waals surface area contributed by atoms with Gasteiger partial charge in [0.1, 0.15) is 0 Å². The summed E-state index contributed by atoms with van der Waals surface area (Å²) in [4.78, 5) is 5.34. The first-order chi connectivity index (χ1) is 24.3. The molecule has 2 aliphatic rings. The number of rotatable bonds is 2. The van der Waals surface area contributed by atoms with Crippen molar-refractivity contribution >= 4 is 43.6 Å². The fraction of sp³-hybridized carbons (Fsp3) is 0.128. The number of benzene rings is 6. The van der Waals surface area contributed by atoms with Crippen LogP contribution in [0.25, 0.3) is 77.5 Å². The van der Waals surface area contributed by atoms with Crippen LogP contribution in [0.1, 0.15) is 49.9 Å². The molecule has 238 valence electrons. The van der Waals surface area contributed by atoms with Gasteiger partial charge in [0.15, 0.2) is 0 Å². The Balaban J connectivity index is 1.09. The Kier molecular flexibility index (Phi) is 5.25. The van der Waals surface area contributed by atoms with Crippen LogP contribution in [-0.2, 0) is 10.8 Å². The van der Waals surface area contributed by atoms with Gasteiger partial charge in [-0.05, 0) is 58.7 Å². The Labute approximate surface area is 291 Å². The van der Waals surface area contributed by atoms with Gasteiger partial charge < -0.3 is 9.13 Å². The van der Waals surface area contributed by atoms with Crippen molar-refractivity contribution in [1.82, 2.24) is 14.1 Å². The molecule has 0 aliphatic carbocycles. The van der Waals surface area contributed by atoms with Crippen LogP contribution in [0.5, 0.6) is 0 Å². The van der Waals surface area contributed by atoms with Gasteiger partial charge in [0, 0.05) is 43.5 Å². The number of hydrogen-bond donors (Lipinski definition) is 0. The average molecular weight is 642 g/mol. The van der Waals surface area contributed by atoms with Gasteiger partial charge in [0.2, 0.25) is 0 Å². The molecule has 11 rings (SSSR count). The molecule has 0 atom stereocenters. The summed E-state index contributed by atoms with van der Waals surface area (Å²) in [5.74, 6) is 0. The van der Waals surface area contributed by atoms with Gasteiger partial charge in [0.05, 0.1) is 44.8 Å². The zero-order valence-electron chi connectivity index (χ0n) is 28.6. The minimum atomic E-state index is -0.128. The smallest absolute Gasteiger partial charge is 0.0710 e. The van der Waals surface area contributed by atoms with E-state index in [0.717, 1.165) is 22.5 Å². The van der Waals surface area contributed by atoms with E-state index in [0.29, 0.717) is 0 Å². The van der Waals surface area contributed by atoms with E-state index >= 15 is 0 Å². The summed E-state index contributed by atoms with van der Waals surface area (Å²) in [7, 11) is 0. The molecule has 0 N–H and O–H groups in total. The zero-order valence-corrected chi connectivity index (χ0v) is 28.6. The van der Waals surface area contributed by atoms with Gasteiger partial charge in [-0.3, -0.25) is 0 Å². The van der Waals surface area contributed by atoms with Crippen molar-refractivity contribution in [3.05, 3.63) is 162 Å². The molecule has 6 aromatic carbocycles. The van der Waals surface area contributed by atoms with Crippen molar-refractivity contribution in [2.75, 3.05) is 0 Å². The second kappa shape index (κ2) is 9.40. The summed E-state index contributed by atoms with van der Waals surface area (Å²) in [5.41, 5.74) is 17.0. The van der Waals surface area contributed by atoms with Crippen molar-refractivity contribution < 1.29 is 0 Å². The van der Waals surface area contributed by atoms with Crippen molar-refractivity contribution in [3.63, 3.8) is 0 Å². The topological polar surface area (TPSA) is 22.8 Å². The van der Waals surface area contributed by atoms with Crippen LogP contribution in [0.2, 0.25) is 0 Å². The van der Waals surface area contributed by atoms with Crippen molar-refractivity contribution in [2.24, 2.45) is 0 Å². The molecule has 3 aromatic heterocycles. The van der Waals surface area contributed by atoms with Crippen molar-refractivity contribution in [3.8, 4) is 33.9 Å². The molecule has 0 bridgehead atoms. The van der Waals surface area contributed by atoms with Gasteiger partial charge in [0.25, 0.3) is 0 Å². The van der Waals surface area contributed by atoms with E-state index in [1.807, 2.05) is 0 Å². The summed E-state index contributed by atoms with van der Waals surface area (Å²) < 4.78 is 4.97. The zero-order chi connectivity index (χ0) is 33.5. The quantitative estimate of drug-likeness (QED) is 0.184. The fourth-order valence-electron chi connectivity index (χ4n) is 9.40. The number of nitrogens with zero attached hydrogens (tertiary/aromatic N) is 3. The number of aromatic nitrogens is 3. The summed E-state index contributed by atoms with van der Waals surface area (Å²) in [6.07, 6.45) is 0. The predicted molar refractivity (Wildman–Crippen MR) is 208 cm³/mol. The molecule has 0 saturated carbocycles. The van der Waals surface area contributed by atoms with Gasteiger partial charge in [-0.15, -0.1) is 0 Å². The van der Waals surface area contributed by atoms with Gasteiger partial charge >= 0.3 is 0 Å². The predicted octanol–water partition coefficient (Wildman–Crippen LogP) is 11.9. The highest BCUT2D eigenvalue weighted by molar-refractivity contribution is 6.13. The van der Waals surface area contributed by atoms with Gasteiger partial charge in [-0.25, -0.2) is 4.98 Å². The van der Waals surface area contributed by atoms with Crippen molar-refractivity contribution in [1.29, 1.82) is 0 Å². The highest BCUT2D eigenvalue weighted by atomic mass is 15.0. The molecule has 0 saturated heterocycles. The first-order valence-corrected chi connectivity index (χ1v) is 17.7. The lowest BCUT2D eigenvalue weighted by Gasteiger charge is -2.35. The number of hydrogen-bond acceptors (Lipinski definition) is 1. The molecule has 0 radical (unpaired) electrons. The van der Waals surface area contributed by atoms with E-state index < -0.39 is 0 Å². The molecule has 0 fully saturated rings. The molecule has 0 unspecified atom stereocenters. The van der Waals surface area contributed by atoms with Gasteiger partial charge in [-0.1, -0.05) is 131 Å². The Morgan fingerprint density at radius 1 is 0.400 bits per heavy atom. The number of para-hydroxylation sites is 4. The summed E-state index contributed by atoms with van der Waals surface area (Å²) in [6.45, 7) is 9.42. The highest BCUT2D eigenvalue weighted by Gasteiger charge is 2.36. The summed E-state index contributed by atoms with van der Waals surface area (Å²) in [5, 5.41) is 5.19. The van der Waals surface area contributed by atoms with E-state index in [4.69, 9.17) is 4.98 Å². The van der Waals surface area contributed by atoms with E-state index in [1.54, 1.807) is 0 Å². The second-order valence-corrected chi connectivity index (χ2v) is 15.2. The third-order valence-corrected chi connectivity index (χ3v) is 11.9. The van der Waals surface area contributed by atoms with Gasteiger partial charge in [-0.2, -0.15) is 0 Å². The van der Waals surface area contributed by atoms with Crippen LogP contribution >= 0.6 is 0 Å². The van der Waals surface area contributed by atoms with Crippen LogP contribution in [-0.4, -0.2) is 14.1 Å². The molecule has 0 amide bonds. The van der Waals surface area contributed by atoms with Crippen LogP contribution < -0.4 is 0 Å². The first kappa shape index (κ1) is 28.0. The molecular weight excluding hydrogens is 607 g/mol. The lowest BCUT2D eigenvalue weighted by Crippen LogP contribution is -2.26. The number of pyridine rings is 1. The van der Waals surface area contributed by atoms with E-state index in [9.17, 15) is 0 Å². The Morgan fingerprint density at radius 2 is 0.920 bits per heavy atom. The van der Waals surface area contributed by atoms with Crippen molar-refractivity contribution in [2.45, 2.75) is 38.5 Å². The maximum Gasteiger partial charge on any atom is 0.0710 e. The number of fused-ring (bicyclic) bond motifs is 10. The third-order valence-electron chi connectivity index (χ3n) is 11.9. The largest absolute Gasteiger partial charge is 0.309 e. The van der Waals surface area contributed by atoms with E-state index in [2.05, 4.69) is 176 Å². The highest BCUT2D eigenvalue weighted by Crippen LogP contribution is 2.49. The molecule has 50 heavy (non-hydrogen) atoms. The third kappa shape index (κ3) is 3.42. The minimum absolute atomic E-state index is 0.0793. The lowest BCUT2D eigenvalue weighted by atomic mass is 9.74. The molecule has 5 heterocycles. The molecular formula is C47H35N3. The molecule has 0 spiro atoms. The van der Waals surface area contributed by atoms with Crippen LogP contribution in [0.3, 0.4) is 0 Å². The lowest BCUT2D eigenvalue weighted by molar-refractivity contribution is 0.630.